The van der Waals surface area contributed by atoms with Crippen molar-refractivity contribution < 1.29 is 22.2 Å². The van der Waals surface area contributed by atoms with Gasteiger partial charge in [-0.15, -0.1) is 0 Å². The van der Waals surface area contributed by atoms with E-state index in [4.69, 9.17) is 4.18 Å². The van der Waals surface area contributed by atoms with Crippen molar-refractivity contribution in [3.8, 4) is 5.75 Å². The lowest BCUT2D eigenvalue weighted by Crippen LogP contribution is -2.37. The number of hydrogen-bond donors (Lipinski definition) is 3. The van der Waals surface area contributed by atoms with E-state index in [0.717, 1.165) is 5.56 Å². The number of benzene rings is 3. The molecule has 30 heavy (non-hydrogen) atoms. The Labute approximate surface area is 174 Å². The molecule has 0 aliphatic rings. The van der Waals surface area contributed by atoms with Gasteiger partial charge in [0.15, 0.2) is 0 Å². The molecule has 4 amide bonds. The van der Waals surface area contributed by atoms with Gasteiger partial charge in [-0.1, -0.05) is 35.9 Å². The number of carbonyl (C=O) groups is 2. The minimum absolute atomic E-state index is 0.0733. The molecule has 154 valence electrons. The first-order valence-electron chi connectivity index (χ1n) is 8.87. The average Bonchev–Trinajstić information content (AvgIpc) is 2.70. The van der Waals surface area contributed by atoms with Crippen LogP contribution in [0.4, 0.5) is 21.0 Å². The molecule has 0 fully saturated rings. The van der Waals surface area contributed by atoms with Crippen molar-refractivity contribution in [3.63, 3.8) is 0 Å². The molecule has 0 aliphatic heterocycles. The number of urea groups is 2. The normalized spacial score (nSPS) is 10.7. The Morgan fingerprint density at radius 3 is 1.83 bits per heavy atom. The zero-order valence-electron chi connectivity index (χ0n) is 16.0. The molecular formula is C21H19N3O5S. The highest BCUT2D eigenvalue weighted by molar-refractivity contribution is 7.87. The summed E-state index contributed by atoms with van der Waals surface area (Å²) in [5.41, 5.74) is 1.81. The maximum atomic E-state index is 12.4. The molecule has 0 atom stereocenters. The minimum atomic E-state index is -4.02. The summed E-state index contributed by atoms with van der Waals surface area (Å²) < 4.78 is 29.8. The Balaban J connectivity index is 1.57. The SMILES string of the molecule is Cc1ccc(OS(=O)(=O)c2ccc(NC(=O)NC(=O)Nc3ccccc3)cc2)cc1. The third-order valence-corrected chi connectivity index (χ3v) is 5.15. The van der Waals surface area contributed by atoms with Crippen LogP contribution in [-0.2, 0) is 10.1 Å². The molecule has 0 heterocycles. The van der Waals surface area contributed by atoms with Crippen molar-refractivity contribution in [1.29, 1.82) is 0 Å². The first-order valence-corrected chi connectivity index (χ1v) is 10.3. The molecule has 0 saturated heterocycles. The summed E-state index contributed by atoms with van der Waals surface area (Å²) in [5.74, 6) is 0.201. The number of rotatable bonds is 5. The third-order valence-electron chi connectivity index (χ3n) is 3.89. The van der Waals surface area contributed by atoms with Crippen LogP contribution in [0.1, 0.15) is 5.56 Å². The summed E-state index contributed by atoms with van der Waals surface area (Å²) in [5, 5.41) is 7.07. The van der Waals surface area contributed by atoms with Crippen LogP contribution in [0.3, 0.4) is 0 Å². The van der Waals surface area contributed by atoms with Crippen LogP contribution >= 0.6 is 0 Å². The molecule has 3 aromatic carbocycles. The van der Waals surface area contributed by atoms with E-state index >= 15 is 0 Å². The number of imide groups is 1. The van der Waals surface area contributed by atoms with Crippen LogP contribution < -0.4 is 20.1 Å². The Morgan fingerprint density at radius 2 is 1.27 bits per heavy atom. The summed E-state index contributed by atoms with van der Waals surface area (Å²) in [6.45, 7) is 1.88. The van der Waals surface area contributed by atoms with Gasteiger partial charge in [-0.3, -0.25) is 5.32 Å². The number of para-hydroxylation sites is 1. The highest BCUT2D eigenvalue weighted by Gasteiger charge is 2.17. The fraction of sp³-hybridized carbons (Fsp3) is 0.0476. The summed E-state index contributed by atoms with van der Waals surface area (Å²) in [6.07, 6.45) is 0. The van der Waals surface area contributed by atoms with Gasteiger partial charge in [0.2, 0.25) is 0 Å². The fourth-order valence-electron chi connectivity index (χ4n) is 2.42. The standard InChI is InChI=1S/C21H19N3O5S/c1-15-7-11-18(12-8-15)29-30(27,28)19-13-9-17(10-14-19)23-21(26)24-20(25)22-16-5-3-2-4-6-16/h2-14H,1H3,(H3,22,23,24,25,26). The van der Waals surface area contributed by atoms with E-state index in [1.807, 2.05) is 6.92 Å². The predicted octanol–water partition coefficient (Wildman–Crippen LogP) is 4.12. The Morgan fingerprint density at radius 1 is 0.733 bits per heavy atom. The second-order valence-corrected chi connectivity index (χ2v) is 7.82. The van der Waals surface area contributed by atoms with Gasteiger partial charge in [-0.05, 0) is 55.5 Å². The minimum Gasteiger partial charge on any atom is -0.379 e. The Bertz CT molecular complexity index is 1130. The number of amides is 4. The molecule has 0 bridgehead atoms. The molecule has 3 rings (SSSR count). The van der Waals surface area contributed by atoms with Crippen molar-refractivity contribution in [2.24, 2.45) is 0 Å². The summed E-state index contributed by atoms with van der Waals surface area (Å²) in [7, 11) is -4.02. The van der Waals surface area contributed by atoms with E-state index in [0.29, 0.717) is 11.4 Å². The van der Waals surface area contributed by atoms with Crippen LogP contribution in [0.25, 0.3) is 0 Å². The van der Waals surface area contributed by atoms with Gasteiger partial charge < -0.3 is 14.8 Å². The maximum absolute atomic E-state index is 12.4. The summed E-state index contributed by atoms with van der Waals surface area (Å²) in [6, 6.07) is 19.1. The van der Waals surface area contributed by atoms with Crippen molar-refractivity contribution in [1.82, 2.24) is 5.32 Å². The number of aryl methyl sites for hydroxylation is 1. The number of hydrogen-bond acceptors (Lipinski definition) is 5. The van der Waals surface area contributed by atoms with E-state index in [1.54, 1.807) is 54.6 Å². The van der Waals surface area contributed by atoms with Crippen LogP contribution in [0, 0.1) is 6.92 Å². The molecule has 0 spiro atoms. The van der Waals surface area contributed by atoms with Gasteiger partial charge in [-0.2, -0.15) is 8.42 Å². The second-order valence-electron chi connectivity index (χ2n) is 6.27. The zero-order chi connectivity index (χ0) is 21.6. The third kappa shape index (κ3) is 5.82. The van der Waals surface area contributed by atoms with Crippen LogP contribution in [-0.4, -0.2) is 20.5 Å². The fourth-order valence-corrected chi connectivity index (χ4v) is 3.35. The highest BCUT2D eigenvalue weighted by atomic mass is 32.2. The van der Waals surface area contributed by atoms with E-state index in [9.17, 15) is 18.0 Å². The Kier molecular flexibility index (Phi) is 6.33. The molecule has 0 saturated carbocycles. The lowest BCUT2D eigenvalue weighted by molar-refractivity contribution is 0.240. The smallest absolute Gasteiger partial charge is 0.339 e. The van der Waals surface area contributed by atoms with Gasteiger partial charge in [0.1, 0.15) is 10.6 Å². The van der Waals surface area contributed by atoms with Crippen molar-refractivity contribution in [3.05, 3.63) is 84.4 Å². The van der Waals surface area contributed by atoms with Crippen LogP contribution in [0.5, 0.6) is 5.75 Å². The quantitative estimate of drug-likeness (QED) is 0.532. The van der Waals surface area contributed by atoms with E-state index in [-0.39, 0.29) is 10.6 Å². The zero-order valence-corrected chi connectivity index (χ0v) is 16.8. The van der Waals surface area contributed by atoms with E-state index in [2.05, 4.69) is 16.0 Å². The van der Waals surface area contributed by atoms with E-state index in [1.165, 1.54) is 24.3 Å². The van der Waals surface area contributed by atoms with Gasteiger partial charge >= 0.3 is 22.2 Å². The Hall–Kier alpha value is -3.85. The number of anilines is 2. The van der Waals surface area contributed by atoms with Gasteiger partial charge in [0, 0.05) is 11.4 Å². The van der Waals surface area contributed by atoms with Gasteiger partial charge in [0.25, 0.3) is 0 Å². The van der Waals surface area contributed by atoms with Crippen molar-refractivity contribution in [2.75, 3.05) is 10.6 Å². The average molecular weight is 425 g/mol. The predicted molar refractivity (Wildman–Crippen MR) is 113 cm³/mol. The molecule has 3 N–H and O–H groups in total. The number of nitrogens with one attached hydrogen (secondary N) is 3. The van der Waals surface area contributed by atoms with E-state index < -0.39 is 22.2 Å². The molecule has 9 heteroatoms. The largest absolute Gasteiger partial charge is 0.379 e. The second kappa shape index (κ2) is 9.10. The van der Waals surface area contributed by atoms with Crippen molar-refractivity contribution in [2.45, 2.75) is 11.8 Å². The molecule has 0 radical (unpaired) electrons. The first kappa shape index (κ1) is 20.9. The first-order chi connectivity index (χ1) is 14.3. The monoisotopic (exact) mass is 425 g/mol. The summed E-state index contributed by atoms with van der Waals surface area (Å²) >= 11 is 0. The van der Waals surface area contributed by atoms with Gasteiger partial charge in [0.05, 0.1) is 0 Å². The lowest BCUT2D eigenvalue weighted by atomic mass is 10.2. The highest BCUT2D eigenvalue weighted by Crippen LogP contribution is 2.20. The topological polar surface area (TPSA) is 114 Å². The lowest BCUT2D eigenvalue weighted by Gasteiger charge is -2.10. The molecule has 0 aromatic heterocycles. The van der Waals surface area contributed by atoms with Gasteiger partial charge in [-0.25, -0.2) is 9.59 Å². The molecule has 3 aromatic rings. The van der Waals surface area contributed by atoms with Crippen molar-refractivity contribution >= 4 is 33.6 Å². The van der Waals surface area contributed by atoms with Crippen LogP contribution in [0.15, 0.2) is 83.8 Å². The molecular weight excluding hydrogens is 406 g/mol. The molecule has 0 unspecified atom stereocenters. The molecule has 0 aliphatic carbocycles. The maximum Gasteiger partial charge on any atom is 0.339 e. The number of carbonyl (C=O) groups excluding carboxylic acids is 2. The summed E-state index contributed by atoms with van der Waals surface area (Å²) in [4.78, 5) is 23.7. The molecule has 8 nitrogen and oxygen atoms in total. The van der Waals surface area contributed by atoms with Crippen LogP contribution in [0.2, 0.25) is 0 Å².